The lowest BCUT2D eigenvalue weighted by atomic mass is 9.81. The summed E-state index contributed by atoms with van der Waals surface area (Å²) >= 11 is 0. The van der Waals surface area contributed by atoms with Gasteiger partial charge in [0.05, 0.1) is 0 Å². The maximum absolute atomic E-state index is 8.97. The number of nitrogens with zero attached hydrogens (tertiary/aromatic N) is 1. The standard InChI is InChI=1S/C46H38N2.C9H13N.C6H6/c1-31-40(32-16-7-3-8-17-32)30-42(45(34-20-11-5-12-21-34)44(31)33-18-9-4-10-19-33)37-25-15-24-36(26-37)38-27-39-28-41(39)43(29-38)48(2)46(47)35-22-13-6-14-23-35;1-10-7-9-5-3-2-4-8(9)6-9;1-2-4-6-5-3-1/h3-27,29-30,39,41,47H,28H2,1-2H3;2-5,8,10H,6-7H2,1H3;1-6H. The molecule has 4 unspecified atom stereocenters. The minimum Gasteiger partial charge on any atom is -0.333 e. The monoisotopic (exact) mass is 831 g/mol. The molecule has 3 nitrogen and oxygen atoms in total. The number of benzene rings is 7. The highest BCUT2D eigenvalue weighted by Crippen LogP contribution is 2.56. The fourth-order valence-electron chi connectivity index (χ4n) is 9.61. The lowest BCUT2D eigenvalue weighted by Gasteiger charge is -2.26. The highest BCUT2D eigenvalue weighted by molar-refractivity contribution is 6.01. The summed E-state index contributed by atoms with van der Waals surface area (Å²) in [7, 11) is 4.07. The van der Waals surface area contributed by atoms with Gasteiger partial charge >= 0.3 is 0 Å². The first-order valence-electron chi connectivity index (χ1n) is 22.7. The molecule has 0 aliphatic heterocycles. The number of fused-ring (bicyclic) bond motifs is 2. The highest BCUT2D eigenvalue weighted by Gasteiger charge is 2.50. The molecule has 0 bridgehead atoms. The summed E-state index contributed by atoms with van der Waals surface area (Å²) in [6.45, 7) is 3.41. The average molecular weight is 832 g/mol. The number of amidine groups is 1. The SMILES string of the molecule is CNCC12C=CC=CC1C2.Cc1c(-c2ccccc2)cc(-c2cccc(C3=CC4CC4C(N(C)C(=N)c4ccccc4)=C3)c2)c(-c2ccccc2)c1-c1ccccc1.c1ccccc1. The smallest absolute Gasteiger partial charge is 0.132 e. The van der Waals surface area contributed by atoms with Gasteiger partial charge in [-0.05, 0) is 118 Å². The van der Waals surface area contributed by atoms with E-state index in [9.17, 15) is 0 Å². The number of rotatable bonds is 9. The van der Waals surface area contributed by atoms with Gasteiger partial charge in [-0.25, -0.2) is 0 Å². The fourth-order valence-corrected chi connectivity index (χ4v) is 9.61. The van der Waals surface area contributed by atoms with E-state index in [0.29, 0.717) is 23.1 Å². The van der Waals surface area contributed by atoms with Crippen LogP contribution in [0.15, 0.2) is 230 Å². The first kappa shape index (κ1) is 42.2. The predicted molar refractivity (Wildman–Crippen MR) is 271 cm³/mol. The summed E-state index contributed by atoms with van der Waals surface area (Å²) in [6.07, 6.45) is 16.2. The molecule has 7 aromatic carbocycles. The maximum Gasteiger partial charge on any atom is 0.132 e. The molecule has 64 heavy (non-hydrogen) atoms. The summed E-state index contributed by atoms with van der Waals surface area (Å²) in [4.78, 5) is 2.09. The summed E-state index contributed by atoms with van der Waals surface area (Å²) in [5.41, 5.74) is 16.2. The third-order valence-corrected chi connectivity index (χ3v) is 13.2. The molecule has 0 aromatic heterocycles. The van der Waals surface area contributed by atoms with Crippen LogP contribution in [0.3, 0.4) is 0 Å². The lowest BCUT2D eigenvalue weighted by Crippen LogP contribution is -2.28. The second-order valence-electron chi connectivity index (χ2n) is 17.5. The molecule has 3 heteroatoms. The van der Waals surface area contributed by atoms with Crippen molar-refractivity contribution in [2.45, 2.75) is 19.8 Å². The van der Waals surface area contributed by atoms with Gasteiger partial charge in [0, 0.05) is 36.2 Å². The van der Waals surface area contributed by atoms with E-state index in [2.05, 4.69) is 175 Å². The Morgan fingerprint density at radius 2 is 1.17 bits per heavy atom. The zero-order valence-corrected chi connectivity index (χ0v) is 37.2. The largest absolute Gasteiger partial charge is 0.333 e. The normalized spacial score (nSPS) is 19.5. The minimum absolute atomic E-state index is 0.481. The van der Waals surface area contributed by atoms with Crippen LogP contribution < -0.4 is 5.32 Å². The van der Waals surface area contributed by atoms with E-state index in [4.69, 9.17) is 5.41 Å². The van der Waals surface area contributed by atoms with Crippen molar-refractivity contribution in [2.24, 2.45) is 23.2 Å². The van der Waals surface area contributed by atoms with Crippen molar-refractivity contribution in [1.82, 2.24) is 10.2 Å². The van der Waals surface area contributed by atoms with E-state index in [0.717, 1.165) is 24.4 Å². The average Bonchev–Trinajstić information content (AvgIpc) is 4.30. The van der Waals surface area contributed by atoms with Crippen LogP contribution in [-0.4, -0.2) is 31.4 Å². The Hall–Kier alpha value is -7.07. The van der Waals surface area contributed by atoms with E-state index in [1.165, 1.54) is 73.3 Å². The Balaban J connectivity index is 0.000000270. The van der Waals surface area contributed by atoms with Gasteiger partial charge in [-0.3, -0.25) is 5.41 Å². The van der Waals surface area contributed by atoms with Crippen LogP contribution >= 0.6 is 0 Å². The van der Waals surface area contributed by atoms with Crippen molar-refractivity contribution in [2.75, 3.05) is 20.6 Å². The molecule has 0 spiro atoms. The van der Waals surface area contributed by atoms with Crippen molar-refractivity contribution in [3.05, 3.63) is 247 Å². The molecular formula is C61H57N3. The van der Waals surface area contributed by atoms with Gasteiger partial charge in [-0.15, -0.1) is 0 Å². The number of allylic oxidation sites excluding steroid dienone is 7. The van der Waals surface area contributed by atoms with Crippen molar-refractivity contribution in [1.29, 1.82) is 5.41 Å². The summed E-state index contributed by atoms with van der Waals surface area (Å²) in [6, 6.07) is 66.0. The second-order valence-corrected chi connectivity index (χ2v) is 17.5. The van der Waals surface area contributed by atoms with E-state index in [-0.39, 0.29) is 0 Å². The van der Waals surface area contributed by atoms with Crippen LogP contribution in [0.2, 0.25) is 0 Å². The van der Waals surface area contributed by atoms with Crippen LogP contribution in [0.5, 0.6) is 0 Å². The molecule has 0 saturated heterocycles. The Kier molecular flexibility index (Phi) is 12.6. The zero-order chi connectivity index (χ0) is 43.9. The van der Waals surface area contributed by atoms with Gasteiger partial charge in [0.2, 0.25) is 0 Å². The first-order valence-corrected chi connectivity index (χ1v) is 22.7. The summed E-state index contributed by atoms with van der Waals surface area (Å²) < 4.78 is 0. The number of hydrogen-bond acceptors (Lipinski definition) is 2. The molecule has 4 aliphatic rings. The van der Waals surface area contributed by atoms with Crippen LogP contribution in [0.1, 0.15) is 29.5 Å². The van der Waals surface area contributed by atoms with Crippen molar-refractivity contribution < 1.29 is 0 Å². The Morgan fingerprint density at radius 3 is 1.78 bits per heavy atom. The van der Waals surface area contributed by atoms with Crippen LogP contribution in [0.25, 0.3) is 50.1 Å². The van der Waals surface area contributed by atoms with E-state index >= 15 is 0 Å². The van der Waals surface area contributed by atoms with Crippen LogP contribution in [-0.2, 0) is 0 Å². The Morgan fingerprint density at radius 1 is 0.625 bits per heavy atom. The van der Waals surface area contributed by atoms with Gasteiger partial charge in [0.15, 0.2) is 0 Å². The van der Waals surface area contributed by atoms with E-state index in [1.807, 2.05) is 80.8 Å². The molecule has 11 rings (SSSR count). The molecular weight excluding hydrogens is 775 g/mol. The molecule has 0 radical (unpaired) electrons. The second kappa shape index (κ2) is 19.1. The quantitative estimate of drug-likeness (QED) is 0.112. The van der Waals surface area contributed by atoms with Gasteiger partial charge in [-0.1, -0.05) is 206 Å². The molecule has 7 aromatic rings. The third-order valence-electron chi connectivity index (χ3n) is 13.2. The van der Waals surface area contributed by atoms with Gasteiger partial charge < -0.3 is 10.2 Å². The molecule has 0 heterocycles. The van der Waals surface area contributed by atoms with Crippen molar-refractivity contribution in [3.63, 3.8) is 0 Å². The highest BCUT2D eigenvalue weighted by atomic mass is 15.2. The van der Waals surface area contributed by atoms with Crippen LogP contribution in [0, 0.1) is 35.5 Å². The van der Waals surface area contributed by atoms with E-state index < -0.39 is 0 Å². The molecule has 0 amide bonds. The van der Waals surface area contributed by atoms with E-state index in [1.54, 1.807) is 0 Å². The minimum atomic E-state index is 0.481. The summed E-state index contributed by atoms with van der Waals surface area (Å²) in [5.74, 6) is 2.37. The number of hydrogen-bond donors (Lipinski definition) is 2. The van der Waals surface area contributed by atoms with Gasteiger partial charge in [0.25, 0.3) is 0 Å². The maximum atomic E-state index is 8.97. The van der Waals surface area contributed by atoms with Crippen molar-refractivity contribution in [3.8, 4) is 44.5 Å². The molecule has 316 valence electrons. The topological polar surface area (TPSA) is 39.1 Å². The van der Waals surface area contributed by atoms with Gasteiger partial charge in [0.1, 0.15) is 5.84 Å². The molecule has 2 fully saturated rings. The van der Waals surface area contributed by atoms with Crippen molar-refractivity contribution >= 4 is 11.4 Å². The molecule has 2 saturated carbocycles. The lowest BCUT2D eigenvalue weighted by molar-refractivity contribution is 0.560. The summed E-state index contributed by atoms with van der Waals surface area (Å²) in [5, 5.41) is 12.2. The fraction of sp³-hybridized carbons (Fsp3) is 0.164. The zero-order valence-electron chi connectivity index (χ0n) is 37.2. The third kappa shape index (κ3) is 9.18. The molecule has 2 N–H and O–H groups in total. The predicted octanol–water partition coefficient (Wildman–Crippen LogP) is 14.6. The molecule has 4 atom stereocenters. The first-order chi connectivity index (χ1) is 31.4. The Bertz CT molecular complexity index is 2800. The number of nitrogens with one attached hydrogen (secondary N) is 2. The van der Waals surface area contributed by atoms with Gasteiger partial charge in [-0.2, -0.15) is 0 Å². The molecule has 4 aliphatic carbocycles. The van der Waals surface area contributed by atoms with Crippen LogP contribution in [0.4, 0.5) is 0 Å². The Labute approximate surface area is 380 Å².